The zero-order chi connectivity index (χ0) is 11.5. The quantitative estimate of drug-likeness (QED) is 0.799. The molecule has 0 spiro atoms. The van der Waals surface area contributed by atoms with Gasteiger partial charge in [0.1, 0.15) is 0 Å². The van der Waals surface area contributed by atoms with E-state index in [1.807, 2.05) is 6.92 Å². The van der Waals surface area contributed by atoms with Gasteiger partial charge < -0.3 is 14.3 Å². The van der Waals surface area contributed by atoms with Gasteiger partial charge in [0.25, 0.3) is 0 Å². The van der Waals surface area contributed by atoms with E-state index in [4.69, 9.17) is 14.3 Å². The van der Waals surface area contributed by atoms with Crippen molar-refractivity contribution in [3.8, 4) is 5.75 Å². The Morgan fingerprint density at radius 3 is 2.94 bits per heavy atom. The maximum Gasteiger partial charge on any atom is 0.336 e. The molecule has 1 aromatic heterocycles. The topological polar surface area (TPSA) is 59.7 Å². The van der Waals surface area contributed by atoms with E-state index in [-0.39, 0.29) is 6.61 Å². The van der Waals surface area contributed by atoms with Crippen LogP contribution in [0.5, 0.6) is 5.75 Å². The molecule has 0 aliphatic heterocycles. The van der Waals surface area contributed by atoms with Crippen molar-refractivity contribution in [3.05, 3.63) is 40.2 Å². The Bertz CT molecular complexity index is 556. The van der Waals surface area contributed by atoms with Gasteiger partial charge in [0.15, 0.2) is 11.3 Å². The van der Waals surface area contributed by atoms with Crippen LogP contribution in [0.4, 0.5) is 0 Å². The number of aliphatic hydroxyl groups excluding tert-OH is 1. The number of hydrogen-bond donors (Lipinski definition) is 1. The fraction of sp³-hybridized carbons (Fsp3) is 0.250. The smallest absolute Gasteiger partial charge is 0.336 e. The van der Waals surface area contributed by atoms with Crippen molar-refractivity contribution in [1.82, 2.24) is 0 Å². The van der Waals surface area contributed by atoms with Crippen LogP contribution < -0.4 is 10.4 Å². The van der Waals surface area contributed by atoms with Gasteiger partial charge in [-0.25, -0.2) is 4.79 Å². The van der Waals surface area contributed by atoms with Gasteiger partial charge >= 0.3 is 5.63 Å². The van der Waals surface area contributed by atoms with E-state index in [0.717, 1.165) is 0 Å². The van der Waals surface area contributed by atoms with E-state index in [2.05, 4.69) is 0 Å². The number of ether oxygens (including phenoxy) is 1. The fourth-order valence-corrected chi connectivity index (χ4v) is 1.62. The molecule has 0 saturated carbocycles. The lowest BCUT2D eigenvalue weighted by Crippen LogP contribution is -2.02. The van der Waals surface area contributed by atoms with Gasteiger partial charge in [0.2, 0.25) is 0 Å². The highest BCUT2D eigenvalue weighted by atomic mass is 16.5. The molecule has 0 saturated heterocycles. The third-order valence-electron chi connectivity index (χ3n) is 2.29. The minimum Gasteiger partial charge on any atom is -0.490 e. The summed E-state index contributed by atoms with van der Waals surface area (Å²) >= 11 is 0. The molecule has 1 N–H and O–H groups in total. The van der Waals surface area contributed by atoms with Crippen LogP contribution in [-0.2, 0) is 6.61 Å². The van der Waals surface area contributed by atoms with Crippen LogP contribution in [0.3, 0.4) is 0 Å². The van der Waals surface area contributed by atoms with Gasteiger partial charge in [-0.05, 0) is 18.6 Å². The summed E-state index contributed by atoms with van der Waals surface area (Å²) in [6.07, 6.45) is 0. The minimum absolute atomic E-state index is 0.197. The lowest BCUT2D eigenvalue weighted by molar-refractivity contribution is 0.282. The van der Waals surface area contributed by atoms with Crippen molar-refractivity contribution in [1.29, 1.82) is 0 Å². The molecule has 1 heterocycles. The van der Waals surface area contributed by atoms with Crippen LogP contribution in [0, 0.1) is 0 Å². The average Bonchev–Trinajstić information content (AvgIpc) is 2.29. The van der Waals surface area contributed by atoms with Crippen molar-refractivity contribution < 1.29 is 14.3 Å². The number of rotatable bonds is 3. The van der Waals surface area contributed by atoms with E-state index < -0.39 is 5.63 Å². The van der Waals surface area contributed by atoms with Gasteiger partial charge in [0, 0.05) is 11.5 Å². The second-order valence-electron chi connectivity index (χ2n) is 3.31. The molecule has 0 aliphatic carbocycles. The number of aliphatic hydroxyl groups is 1. The molecule has 16 heavy (non-hydrogen) atoms. The van der Waals surface area contributed by atoms with Crippen molar-refractivity contribution in [2.24, 2.45) is 0 Å². The highest BCUT2D eigenvalue weighted by molar-refractivity contribution is 5.85. The zero-order valence-corrected chi connectivity index (χ0v) is 8.90. The van der Waals surface area contributed by atoms with Crippen LogP contribution in [-0.4, -0.2) is 11.7 Å². The van der Waals surface area contributed by atoms with E-state index in [9.17, 15) is 4.79 Å². The van der Waals surface area contributed by atoms with E-state index in [1.165, 1.54) is 6.07 Å². The van der Waals surface area contributed by atoms with E-state index >= 15 is 0 Å². The van der Waals surface area contributed by atoms with Crippen LogP contribution in [0.1, 0.15) is 12.5 Å². The SMILES string of the molecule is CCOc1cccc2c(CO)cc(=O)oc12. The lowest BCUT2D eigenvalue weighted by Gasteiger charge is -2.07. The summed E-state index contributed by atoms with van der Waals surface area (Å²) in [5, 5.41) is 9.86. The van der Waals surface area contributed by atoms with Crippen LogP contribution in [0.15, 0.2) is 33.5 Å². The maximum absolute atomic E-state index is 11.3. The largest absolute Gasteiger partial charge is 0.490 e. The monoisotopic (exact) mass is 220 g/mol. The first kappa shape index (κ1) is 10.7. The number of para-hydroxylation sites is 1. The Labute approximate surface area is 92.1 Å². The first-order valence-corrected chi connectivity index (χ1v) is 5.05. The molecule has 0 bridgehead atoms. The standard InChI is InChI=1S/C12H12O4/c1-2-15-10-5-3-4-9-8(7-13)6-11(14)16-12(9)10/h3-6,13H,2,7H2,1H3. The molecule has 1 aromatic carbocycles. The van der Waals surface area contributed by atoms with E-state index in [1.54, 1.807) is 18.2 Å². The fourth-order valence-electron chi connectivity index (χ4n) is 1.62. The molecule has 0 amide bonds. The first-order chi connectivity index (χ1) is 7.76. The molecule has 0 atom stereocenters. The normalized spacial score (nSPS) is 10.6. The Morgan fingerprint density at radius 2 is 2.25 bits per heavy atom. The lowest BCUT2D eigenvalue weighted by atomic mass is 10.1. The van der Waals surface area contributed by atoms with Gasteiger partial charge in [0.05, 0.1) is 13.2 Å². The van der Waals surface area contributed by atoms with Gasteiger partial charge in [-0.1, -0.05) is 12.1 Å². The molecule has 0 aliphatic rings. The van der Waals surface area contributed by atoms with Crippen molar-refractivity contribution >= 4 is 11.0 Å². The molecule has 4 nitrogen and oxygen atoms in total. The Hall–Kier alpha value is -1.81. The maximum atomic E-state index is 11.3. The minimum atomic E-state index is -0.483. The van der Waals surface area contributed by atoms with Crippen molar-refractivity contribution in [2.45, 2.75) is 13.5 Å². The second kappa shape index (κ2) is 4.37. The molecule has 4 heteroatoms. The third kappa shape index (κ3) is 1.79. The number of hydrogen-bond acceptors (Lipinski definition) is 4. The van der Waals surface area contributed by atoms with Crippen LogP contribution in [0.25, 0.3) is 11.0 Å². The Morgan fingerprint density at radius 1 is 1.44 bits per heavy atom. The van der Waals surface area contributed by atoms with Crippen molar-refractivity contribution in [2.75, 3.05) is 6.61 Å². The summed E-state index contributed by atoms with van der Waals surface area (Å²) < 4.78 is 10.5. The molecule has 0 fully saturated rings. The highest BCUT2D eigenvalue weighted by Crippen LogP contribution is 2.26. The summed E-state index contributed by atoms with van der Waals surface area (Å²) in [5.74, 6) is 0.521. The highest BCUT2D eigenvalue weighted by Gasteiger charge is 2.09. The summed E-state index contributed by atoms with van der Waals surface area (Å²) in [5.41, 5.74) is 0.456. The average molecular weight is 220 g/mol. The molecule has 2 rings (SSSR count). The van der Waals surface area contributed by atoms with Gasteiger partial charge in [-0.3, -0.25) is 0 Å². The van der Waals surface area contributed by atoms with Crippen LogP contribution in [0.2, 0.25) is 0 Å². The summed E-state index contributed by atoms with van der Waals surface area (Å²) in [4.78, 5) is 11.3. The molecule has 0 radical (unpaired) electrons. The summed E-state index contributed by atoms with van der Waals surface area (Å²) in [6.45, 7) is 2.15. The number of fused-ring (bicyclic) bond motifs is 1. The number of benzene rings is 1. The van der Waals surface area contributed by atoms with E-state index in [0.29, 0.717) is 28.9 Å². The first-order valence-electron chi connectivity index (χ1n) is 5.05. The predicted octanol–water partition coefficient (Wildman–Crippen LogP) is 1.68. The Kier molecular flexibility index (Phi) is 2.92. The molecular formula is C12H12O4. The summed E-state index contributed by atoms with van der Waals surface area (Å²) in [6, 6.07) is 6.60. The Balaban J connectivity index is 2.76. The van der Waals surface area contributed by atoms with Gasteiger partial charge in [-0.2, -0.15) is 0 Å². The molecule has 2 aromatic rings. The molecular weight excluding hydrogens is 208 g/mol. The third-order valence-corrected chi connectivity index (χ3v) is 2.29. The van der Waals surface area contributed by atoms with Gasteiger partial charge in [-0.15, -0.1) is 0 Å². The summed E-state index contributed by atoms with van der Waals surface area (Å²) in [7, 11) is 0. The molecule has 84 valence electrons. The van der Waals surface area contributed by atoms with Crippen molar-refractivity contribution in [3.63, 3.8) is 0 Å². The zero-order valence-electron chi connectivity index (χ0n) is 8.90. The molecule has 0 unspecified atom stereocenters. The van der Waals surface area contributed by atoms with Crippen LogP contribution >= 0.6 is 0 Å². The second-order valence-corrected chi connectivity index (χ2v) is 3.31. The predicted molar refractivity (Wildman–Crippen MR) is 59.6 cm³/mol.